The van der Waals surface area contributed by atoms with Crippen molar-refractivity contribution in [1.82, 2.24) is 5.32 Å². The van der Waals surface area contributed by atoms with Crippen LogP contribution >= 0.6 is 0 Å². The summed E-state index contributed by atoms with van der Waals surface area (Å²) in [5, 5.41) is 5.71. The van der Waals surface area contributed by atoms with Crippen LogP contribution in [-0.2, 0) is 22.6 Å². The first-order valence-electron chi connectivity index (χ1n) is 8.83. The van der Waals surface area contributed by atoms with E-state index in [1.807, 2.05) is 30.3 Å². The summed E-state index contributed by atoms with van der Waals surface area (Å²) >= 11 is 0. The average Bonchev–Trinajstić information content (AvgIpc) is 3.01. The minimum absolute atomic E-state index is 0.161. The predicted molar refractivity (Wildman–Crippen MR) is 94.0 cm³/mol. The number of carbonyl (C=O) groups excluding carboxylic acids is 2. The maximum Gasteiger partial charge on any atom is 0.230 e. The van der Waals surface area contributed by atoms with Gasteiger partial charge < -0.3 is 9.73 Å². The molecule has 25 heavy (non-hydrogen) atoms. The Bertz CT molecular complexity index is 794. The highest BCUT2D eigenvalue weighted by Gasteiger charge is 2.36. The van der Waals surface area contributed by atoms with Crippen LogP contribution in [0.25, 0.3) is 0 Å². The van der Waals surface area contributed by atoms with Gasteiger partial charge in [0, 0.05) is 18.0 Å². The summed E-state index contributed by atoms with van der Waals surface area (Å²) in [5.41, 5.74) is 2.07. The number of benzene rings is 1. The fourth-order valence-electron chi connectivity index (χ4n) is 3.41. The Morgan fingerprint density at radius 3 is 2.56 bits per heavy atom. The highest BCUT2D eigenvalue weighted by Crippen LogP contribution is 2.47. The third-order valence-corrected chi connectivity index (χ3v) is 5.13. The number of imide groups is 1. The van der Waals surface area contributed by atoms with Crippen LogP contribution in [0.3, 0.4) is 0 Å². The maximum atomic E-state index is 11.6. The van der Waals surface area contributed by atoms with Crippen molar-refractivity contribution in [2.75, 3.05) is 5.32 Å². The topological polar surface area (TPSA) is 71.3 Å². The lowest BCUT2D eigenvalue weighted by Gasteiger charge is -2.08. The zero-order valence-electron chi connectivity index (χ0n) is 14.2. The lowest BCUT2D eigenvalue weighted by molar-refractivity contribution is -0.125. The summed E-state index contributed by atoms with van der Waals surface area (Å²) in [6.45, 7) is 2.90. The van der Waals surface area contributed by atoms with Crippen LogP contribution in [0.1, 0.15) is 42.8 Å². The standard InChI is InChI=1S/C20H22N2O3/c1-12-8-17(12)18-7-6-16(25-18)11-21-15-4-2-13(3-5-15)9-14-10-19(23)22-20(14)24/h2-7,12,14,17,21H,8-11H2,1H3,(H,22,23,24)/t12-,14+,17-/m1/s1. The van der Waals surface area contributed by atoms with Crippen molar-refractivity contribution in [3.05, 3.63) is 53.5 Å². The van der Waals surface area contributed by atoms with E-state index in [-0.39, 0.29) is 17.7 Å². The molecule has 4 rings (SSSR count). The molecule has 1 aliphatic heterocycles. The zero-order valence-corrected chi connectivity index (χ0v) is 14.2. The third kappa shape index (κ3) is 3.60. The summed E-state index contributed by atoms with van der Waals surface area (Å²) < 4.78 is 5.90. The quantitative estimate of drug-likeness (QED) is 0.793. The van der Waals surface area contributed by atoms with Crippen LogP contribution in [0.5, 0.6) is 0 Å². The monoisotopic (exact) mass is 338 g/mol. The van der Waals surface area contributed by atoms with Crippen molar-refractivity contribution in [2.24, 2.45) is 11.8 Å². The molecular formula is C20H22N2O3. The van der Waals surface area contributed by atoms with E-state index in [1.54, 1.807) is 0 Å². The molecule has 2 aliphatic rings. The fraction of sp³-hybridized carbons (Fsp3) is 0.400. The van der Waals surface area contributed by atoms with Crippen molar-refractivity contribution < 1.29 is 14.0 Å². The van der Waals surface area contributed by atoms with Gasteiger partial charge in [0.1, 0.15) is 11.5 Å². The van der Waals surface area contributed by atoms with E-state index in [9.17, 15) is 9.59 Å². The molecule has 0 bridgehead atoms. The van der Waals surface area contributed by atoms with Crippen LogP contribution in [0.4, 0.5) is 5.69 Å². The van der Waals surface area contributed by atoms with Gasteiger partial charge >= 0.3 is 0 Å². The average molecular weight is 338 g/mol. The number of hydrogen-bond acceptors (Lipinski definition) is 4. The normalized spacial score (nSPS) is 25.1. The Hall–Kier alpha value is -2.56. The molecule has 2 N–H and O–H groups in total. The van der Waals surface area contributed by atoms with E-state index in [0.29, 0.717) is 25.3 Å². The number of nitrogens with one attached hydrogen (secondary N) is 2. The van der Waals surface area contributed by atoms with Gasteiger partial charge in [-0.3, -0.25) is 14.9 Å². The summed E-state index contributed by atoms with van der Waals surface area (Å²) in [6, 6.07) is 12.1. The second kappa shape index (κ2) is 6.39. The number of hydrogen-bond donors (Lipinski definition) is 2. The molecule has 2 aromatic rings. The molecule has 2 heterocycles. The maximum absolute atomic E-state index is 11.6. The summed E-state index contributed by atoms with van der Waals surface area (Å²) in [4.78, 5) is 22.9. The molecule has 2 fully saturated rings. The first-order valence-corrected chi connectivity index (χ1v) is 8.83. The second-order valence-corrected chi connectivity index (χ2v) is 7.19. The highest BCUT2D eigenvalue weighted by molar-refractivity contribution is 6.03. The van der Waals surface area contributed by atoms with Gasteiger partial charge in [-0.15, -0.1) is 0 Å². The van der Waals surface area contributed by atoms with Crippen molar-refractivity contribution in [3.63, 3.8) is 0 Å². The fourth-order valence-corrected chi connectivity index (χ4v) is 3.41. The van der Waals surface area contributed by atoms with E-state index >= 15 is 0 Å². The van der Waals surface area contributed by atoms with Crippen LogP contribution in [0.2, 0.25) is 0 Å². The van der Waals surface area contributed by atoms with Gasteiger partial charge in [-0.1, -0.05) is 19.1 Å². The Labute approximate surface area is 146 Å². The molecule has 0 spiro atoms. The van der Waals surface area contributed by atoms with Gasteiger partial charge in [-0.2, -0.15) is 0 Å². The molecule has 130 valence electrons. The van der Waals surface area contributed by atoms with Gasteiger partial charge in [-0.25, -0.2) is 0 Å². The summed E-state index contributed by atoms with van der Waals surface area (Å²) in [6.07, 6.45) is 2.12. The molecule has 3 atom stereocenters. The van der Waals surface area contributed by atoms with Crippen molar-refractivity contribution in [1.29, 1.82) is 0 Å². The number of anilines is 1. The lowest BCUT2D eigenvalue weighted by atomic mass is 9.98. The Balaban J connectivity index is 1.30. The van der Waals surface area contributed by atoms with Crippen LogP contribution in [0.15, 0.2) is 40.8 Å². The Kier molecular flexibility index (Phi) is 4.07. The van der Waals surface area contributed by atoms with Crippen LogP contribution in [-0.4, -0.2) is 11.8 Å². The number of furan rings is 1. The molecule has 5 heteroatoms. The molecule has 1 saturated heterocycles. The first kappa shape index (κ1) is 15.9. The van der Waals surface area contributed by atoms with Crippen LogP contribution < -0.4 is 10.6 Å². The SMILES string of the molecule is C[C@@H]1C[C@H]1c1ccc(CNc2ccc(C[C@H]3CC(=O)NC3=O)cc2)o1. The van der Waals surface area contributed by atoms with Gasteiger partial charge in [-0.05, 0) is 48.6 Å². The zero-order chi connectivity index (χ0) is 17.4. The van der Waals surface area contributed by atoms with E-state index in [1.165, 1.54) is 6.42 Å². The molecule has 2 amide bonds. The van der Waals surface area contributed by atoms with E-state index < -0.39 is 0 Å². The predicted octanol–water partition coefficient (Wildman–Crippen LogP) is 3.22. The molecule has 1 saturated carbocycles. The van der Waals surface area contributed by atoms with Crippen LogP contribution in [0, 0.1) is 11.8 Å². The minimum atomic E-state index is -0.238. The molecule has 1 aliphatic carbocycles. The second-order valence-electron chi connectivity index (χ2n) is 7.19. The third-order valence-electron chi connectivity index (χ3n) is 5.13. The smallest absolute Gasteiger partial charge is 0.230 e. The van der Waals surface area contributed by atoms with Gasteiger partial charge in [0.05, 0.1) is 12.5 Å². The Morgan fingerprint density at radius 1 is 1.16 bits per heavy atom. The highest BCUT2D eigenvalue weighted by atomic mass is 16.3. The first-order chi connectivity index (χ1) is 12.1. The number of amides is 2. The van der Waals surface area contributed by atoms with E-state index in [0.717, 1.165) is 28.7 Å². The molecule has 0 unspecified atom stereocenters. The molecule has 1 aromatic carbocycles. The number of rotatable bonds is 6. The minimum Gasteiger partial charge on any atom is -0.464 e. The summed E-state index contributed by atoms with van der Waals surface area (Å²) in [5.74, 6) is 2.82. The van der Waals surface area contributed by atoms with Crippen molar-refractivity contribution in [3.8, 4) is 0 Å². The number of carbonyl (C=O) groups is 2. The van der Waals surface area contributed by atoms with Gasteiger partial charge in [0.2, 0.25) is 11.8 Å². The molecular weight excluding hydrogens is 316 g/mol. The summed E-state index contributed by atoms with van der Waals surface area (Å²) in [7, 11) is 0. The van der Waals surface area contributed by atoms with E-state index in [4.69, 9.17) is 4.42 Å². The lowest BCUT2D eigenvalue weighted by Crippen LogP contribution is -2.22. The van der Waals surface area contributed by atoms with Crippen molar-refractivity contribution in [2.45, 2.75) is 38.6 Å². The largest absolute Gasteiger partial charge is 0.464 e. The van der Waals surface area contributed by atoms with E-state index in [2.05, 4.69) is 23.6 Å². The van der Waals surface area contributed by atoms with Crippen molar-refractivity contribution >= 4 is 17.5 Å². The van der Waals surface area contributed by atoms with Gasteiger partial charge in [0.25, 0.3) is 0 Å². The Morgan fingerprint density at radius 2 is 1.92 bits per heavy atom. The molecule has 5 nitrogen and oxygen atoms in total. The molecule has 0 radical (unpaired) electrons. The van der Waals surface area contributed by atoms with Gasteiger partial charge in [0.15, 0.2) is 0 Å². The molecule has 1 aromatic heterocycles.